The molecule has 5 nitrogen and oxygen atoms in total. The first kappa shape index (κ1) is 14.4. The highest BCUT2D eigenvalue weighted by Gasteiger charge is 2.33. The van der Waals surface area contributed by atoms with E-state index in [1.54, 1.807) is 4.57 Å². The van der Waals surface area contributed by atoms with Crippen molar-refractivity contribution in [3.8, 4) is 0 Å². The van der Waals surface area contributed by atoms with Crippen LogP contribution in [0.3, 0.4) is 0 Å². The molecule has 0 N–H and O–H groups in total. The summed E-state index contributed by atoms with van der Waals surface area (Å²) in [5, 5.41) is 7.49. The molecule has 0 aliphatic heterocycles. The largest absolute Gasteiger partial charge is 0.296 e. The summed E-state index contributed by atoms with van der Waals surface area (Å²) < 4.78 is 24.5. The average Bonchev–Trinajstić information content (AvgIpc) is 2.42. The Morgan fingerprint density at radius 3 is 1.82 bits per heavy atom. The number of aromatic nitrogens is 3. The molecule has 98 valence electrons. The van der Waals surface area contributed by atoms with Crippen molar-refractivity contribution in [2.75, 3.05) is 0 Å². The average molecular weight is 280 g/mol. The number of hydrogen-bond donors (Lipinski definition) is 0. The standard InChI is InChI=1S/C10H18ClN3O2S/c1-9(2,3)7-12-13-8(17(11,15)16)14(7)10(4,5)6/h1-6H3. The molecule has 0 aliphatic carbocycles. The van der Waals surface area contributed by atoms with Gasteiger partial charge in [0, 0.05) is 21.6 Å². The normalized spacial score (nSPS) is 14.1. The summed E-state index contributed by atoms with van der Waals surface area (Å²) in [4.78, 5) is 0. The molecule has 0 amide bonds. The molecule has 0 unspecified atom stereocenters. The van der Waals surface area contributed by atoms with E-state index in [4.69, 9.17) is 10.7 Å². The topological polar surface area (TPSA) is 64.8 Å². The molecule has 0 aliphatic rings. The van der Waals surface area contributed by atoms with E-state index in [9.17, 15) is 8.42 Å². The predicted molar refractivity (Wildman–Crippen MR) is 66.8 cm³/mol. The van der Waals surface area contributed by atoms with E-state index in [2.05, 4.69) is 10.2 Å². The van der Waals surface area contributed by atoms with Gasteiger partial charge in [-0.3, -0.25) is 4.57 Å². The van der Waals surface area contributed by atoms with Crippen LogP contribution >= 0.6 is 10.7 Å². The number of hydrogen-bond acceptors (Lipinski definition) is 4. The minimum atomic E-state index is -3.89. The van der Waals surface area contributed by atoms with Crippen LogP contribution in [0, 0.1) is 0 Å². The summed E-state index contributed by atoms with van der Waals surface area (Å²) in [5.41, 5.74) is -0.760. The highest BCUT2D eigenvalue weighted by molar-refractivity contribution is 8.13. The van der Waals surface area contributed by atoms with Gasteiger partial charge in [-0.1, -0.05) is 20.8 Å². The molecule has 1 aromatic heterocycles. The second-order valence-corrected chi connectivity index (χ2v) is 8.46. The molecule has 17 heavy (non-hydrogen) atoms. The van der Waals surface area contributed by atoms with Crippen molar-refractivity contribution in [2.45, 2.75) is 57.7 Å². The Bertz CT molecular complexity index is 521. The first-order chi connectivity index (χ1) is 7.35. The number of halogens is 1. The van der Waals surface area contributed by atoms with E-state index in [1.807, 2.05) is 41.5 Å². The molecule has 0 saturated carbocycles. The molecule has 0 saturated heterocycles. The lowest BCUT2D eigenvalue weighted by Gasteiger charge is -2.28. The smallest absolute Gasteiger partial charge is 0.295 e. The fourth-order valence-electron chi connectivity index (χ4n) is 1.52. The Hall–Kier alpha value is -0.620. The van der Waals surface area contributed by atoms with E-state index in [1.165, 1.54) is 0 Å². The van der Waals surface area contributed by atoms with Gasteiger partial charge in [0.05, 0.1) is 0 Å². The highest BCUT2D eigenvalue weighted by Crippen LogP contribution is 2.30. The molecule has 1 rings (SSSR count). The van der Waals surface area contributed by atoms with Crippen LogP contribution in [0.5, 0.6) is 0 Å². The zero-order valence-corrected chi connectivity index (χ0v) is 12.5. The van der Waals surface area contributed by atoms with Gasteiger partial charge in [-0.05, 0) is 20.8 Å². The van der Waals surface area contributed by atoms with Gasteiger partial charge in [-0.2, -0.15) is 0 Å². The van der Waals surface area contributed by atoms with Crippen molar-refractivity contribution < 1.29 is 8.42 Å². The van der Waals surface area contributed by atoms with Crippen LogP contribution < -0.4 is 0 Å². The van der Waals surface area contributed by atoms with Crippen LogP contribution in [0.2, 0.25) is 0 Å². The Kier molecular flexibility index (Phi) is 3.35. The summed E-state index contributed by atoms with van der Waals surface area (Å²) in [5.74, 6) is 0.601. The van der Waals surface area contributed by atoms with Crippen LogP contribution in [0.25, 0.3) is 0 Å². The van der Waals surface area contributed by atoms with Crippen molar-refractivity contribution in [3.63, 3.8) is 0 Å². The number of rotatable bonds is 1. The molecule has 0 fully saturated rings. The first-order valence-electron chi connectivity index (χ1n) is 5.26. The quantitative estimate of drug-likeness (QED) is 0.740. The Labute approximate surface area is 107 Å². The van der Waals surface area contributed by atoms with E-state index in [0.717, 1.165) is 0 Å². The van der Waals surface area contributed by atoms with Crippen molar-refractivity contribution in [3.05, 3.63) is 5.82 Å². The van der Waals surface area contributed by atoms with Crippen molar-refractivity contribution in [2.24, 2.45) is 0 Å². The Balaban J connectivity index is 3.65. The van der Waals surface area contributed by atoms with Crippen LogP contribution in [0.1, 0.15) is 47.4 Å². The molecule has 0 aromatic carbocycles. The van der Waals surface area contributed by atoms with Crippen LogP contribution in [0.4, 0.5) is 0 Å². The fraction of sp³-hybridized carbons (Fsp3) is 0.800. The van der Waals surface area contributed by atoms with Gasteiger partial charge in [0.15, 0.2) is 0 Å². The number of nitrogens with zero attached hydrogens (tertiary/aromatic N) is 3. The molecule has 0 bridgehead atoms. The van der Waals surface area contributed by atoms with E-state index in [-0.39, 0.29) is 10.6 Å². The summed E-state index contributed by atoms with van der Waals surface area (Å²) in [6.07, 6.45) is 0. The van der Waals surface area contributed by atoms with Gasteiger partial charge >= 0.3 is 0 Å². The third-order valence-electron chi connectivity index (χ3n) is 2.19. The molecule has 0 spiro atoms. The van der Waals surface area contributed by atoms with Crippen molar-refractivity contribution in [1.29, 1.82) is 0 Å². The van der Waals surface area contributed by atoms with Crippen molar-refractivity contribution in [1.82, 2.24) is 14.8 Å². The molecular weight excluding hydrogens is 262 g/mol. The van der Waals surface area contributed by atoms with Crippen LogP contribution in [-0.4, -0.2) is 23.2 Å². The minimum Gasteiger partial charge on any atom is -0.295 e. The second kappa shape index (κ2) is 3.95. The zero-order valence-electron chi connectivity index (χ0n) is 10.9. The third kappa shape index (κ3) is 2.98. The SMILES string of the molecule is CC(C)(C)c1nnc(S(=O)(=O)Cl)n1C(C)(C)C. The maximum absolute atomic E-state index is 11.5. The summed E-state index contributed by atoms with van der Waals surface area (Å²) >= 11 is 0. The van der Waals surface area contributed by atoms with E-state index < -0.39 is 14.6 Å². The molecular formula is C10H18ClN3O2S. The van der Waals surface area contributed by atoms with Gasteiger partial charge in [0.25, 0.3) is 14.2 Å². The lowest BCUT2D eigenvalue weighted by atomic mass is 9.94. The second-order valence-electron chi connectivity index (χ2n) is 6.00. The zero-order chi connectivity index (χ0) is 13.6. The van der Waals surface area contributed by atoms with Gasteiger partial charge in [0.2, 0.25) is 0 Å². The maximum atomic E-state index is 11.5. The summed E-state index contributed by atoms with van der Waals surface area (Å²) in [6, 6.07) is 0. The predicted octanol–water partition coefficient (Wildman–Crippen LogP) is 2.26. The van der Waals surface area contributed by atoms with E-state index >= 15 is 0 Å². The lowest BCUT2D eigenvalue weighted by molar-refractivity contribution is 0.328. The summed E-state index contributed by atoms with van der Waals surface area (Å²) in [7, 11) is 1.49. The van der Waals surface area contributed by atoms with Crippen molar-refractivity contribution >= 4 is 19.7 Å². The van der Waals surface area contributed by atoms with Crippen LogP contribution in [-0.2, 0) is 20.0 Å². The van der Waals surface area contributed by atoms with Gasteiger partial charge in [-0.15, -0.1) is 10.2 Å². The van der Waals surface area contributed by atoms with Gasteiger partial charge in [-0.25, -0.2) is 8.42 Å². The van der Waals surface area contributed by atoms with Gasteiger partial charge in [0.1, 0.15) is 5.82 Å². The monoisotopic (exact) mass is 279 g/mol. The minimum absolute atomic E-state index is 0.198. The first-order valence-corrected chi connectivity index (χ1v) is 7.57. The van der Waals surface area contributed by atoms with Gasteiger partial charge < -0.3 is 0 Å². The third-order valence-corrected chi connectivity index (χ3v) is 3.31. The molecule has 0 atom stereocenters. The summed E-state index contributed by atoms with van der Waals surface area (Å²) in [6.45, 7) is 11.5. The fourth-order valence-corrected chi connectivity index (χ4v) is 2.53. The molecule has 1 aromatic rings. The van der Waals surface area contributed by atoms with E-state index in [0.29, 0.717) is 5.82 Å². The Morgan fingerprint density at radius 2 is 1.53 bits per heavy atom. The highest BCUT2D eigenvalue weighted by atomic mass is 35.7. The lowest BCUT2D eigenvalue weighted by Crippen LogP contribution is -2.31. The molecule has 7 heteroatoms. The van der Waals surface area contributed by atoms with Crippen LogP contribution in [0.15, 0.2) is 5.16 Å². The Morgan fingerprint density at radius 1 is 1.06 bits per heavy atom. The molecule has 0 radical (unpaired) electrons. The molecule has 1 heterocycles. The maximum Gasteiger partial charge on any atom is 0.296 e.